The molecule has 1 unspecified atom stereocenters. The lowest BCUT2D eigenvalue weighted by molar-refractivity contribution is -0.134. The lowest BCUT2D eigenvalue weighted by Gasteiger charge is -2.19. The quantitative estimate of drug-likeness (QED) is 0.409. The maximum atomic E-state index is 13.3. The molecule has 184 valence electrons. The van der Waals surface area contributed by atoms with Crippen LogP contribution in [0.3, 0.4) is 0 Å². The van der Waals surface area contributed by atoms with Crippen molar-refractivity contribution in [3.8, 4) is 5.69 Å². The first-order valence-corrected chi connectivity index (χ1v) is 11.7. The van der Waals surface area contributed by atoms with Gasteiger partial charge in [0.1, 0.15) is 23.7 Å². The second kappa shape index (κ2) is 8.37. The molecule has 9 nitrogen and oxygen atoms in total. The van der Waals surface area contributed by atoms with Gasteiger partial charge in [-0.3, -0.25) is 14.5 Å². The maximum absolute atomic E-state index is 13.3. The van der Waals surface area contributed by atoms with Gasteiger partial charge in [0.15, 0.2) is 5.54 Å². The van der Waals surface area contributed by atoms with E-state index >= 15 is 0 Å². The van der Waals surface area contributed by atoms with Gasteiger partial charge in [0.2, 0.25) is 5.91 Å². The monoisotopic (exact) mass is 485 g/mol. The summed E-state index contributed by atoms with van der Waals surface area (Å²) in [5, 5.41) is 11.0. The van der Waals surface area contributed by atoms with E-state index in [9.17, 15) is 14.4 Å². The van der Waals surface area contributed by atoms with Crippen LogP contribution < -0.4 is 10.6 Å². The van der Waals surface area contributed by atoms with Crippen LogP contribution in [0.1, 0.15) is 39.1 Å². The normalized spacial score (nSPS) is 18.1. The van der Waals surface area contributed by atoms with Gasteiger partial charge in [-0.2, -0.15) is 5.10 Å². The van der Waals surface area contributed by atoms with Gasteiger partial charge in [-0.1, -0.05) is 57.2 Å². The van der Waals surface area contributed by atoms with E-state index in [0.717, 1.165) is 21.7 Å². The molecule has 0 spiro atoms. The summed E-state index contributed by atoms with van der Waals surface area (Å²) in [7, 11) is 0. The van der Waals surface area contributed by atoms with Crippen LogP contribution in [0.4, 0.5) is 10.6 Å². The minimum atomic E-state index is -1.42. The van der Waals surface area contributed by atoms with Crippen molar-refractivity contribution >= 4 is 34.6 Å². The molecule has 5 rings (SSSR count). The Hall–Kier alpha value is -4.40. The molecular weight excluding hydrogens is 458 g/mol. The number of nitrogens with one attached hydrogen (secondary N) is 2. The van der Waals surface area contributed by atoms with Crippen molar-refractivity contribution in [1.29, 1.82) is 0 Å². The van der Waals surface area contributed by atoms with E-state index in [2.05, 4.69) is 15.7 Å². The molecular formula is C27H27N5O4. The Morgan fingerprint density at radius 1 is 1.06 bits per heavy atom. The summed E-state index contributed by atoms with van der Waals surface area (Å²) in [5.74, 6) is -0.330. The number of fused-ring (bicyclic) bond motifs is 1. The number of carbonyl (C=O) groups is 3. The van der Waals surface area contributed by atoms with Gasteiger partial charge in [0, 0.05) is 16.9 Å². The fourth-order valence-electron chi connectivity index (χ4n) is 4.16. The van der Waals surface area contributed by atoms with E-state index in [0.29, 0.717) is 17.2 Å². The average Bonchev–Trinajstić information content (AvgIpc) is 3.52. The van der Waals surface area contributed by atoms with Crippen molar-refractivity contribution in [3.05, 3.63) is 78.2 Å². The Bertz CT molecular complexity index is 1450. The third-order valence-electron chi connectivity index (χ3n) is 6.24. The molecule has 0 saturated carbocycles. The minimum Gasteiger partial charge on any atom is -0.458 e. The smallest absolute Gasteiger partial charge is 0.325 e. The zero-order valence-corrected chi connectivity index (χ0v) is 20.5. The van der Waals surface area contributed by atoms with E-state index < -0.39 is 29.9 Å². The largest absolute Gasteiger partial charge is 0.458 e. The number of benzene rings is 2. The lowest BCUT2D eigenvalue weighted by Crippen LogP contribution is -2.42. The van der Waals surface area contributed by atoms with Crippen LogP contribution in [-0.2, 0) is 20.5 Å². The number of hydrogen-bond acceptors (Lipinski definition) is 5. The second-order valence-corrected chi connectivity index (χ2v) is 10.1. The molecule has 1 aliphatic heterocycles. The van der Waals surface area contributed by atoms with Crippen molar-refractivity contribution in [2.45, 2.75) is 38.6 Å². The third-order valence-corrected chi connectivity index (χ3v) is 6.24. The van der Waals surface area contributed by atoms with Crippen LogP contribution in [0.25, 0.3) is 16.7 Å². The number of urea groups is 1. The van der Waals surface area contributed by atoms with E-state index in [1.807, 2.05) is 69.3 Å². The molecule has 1 fully saturated rings. The fraction of sp³-hybridized carbons (Fsp3) is 0.259. The van der Waals surface area contributed by atoms with Gasteiger partial charge in [-0.25, -0.2) is 9.48 Å². The molecule has 4 aromatic rings. The van der Waals surface area contributed by atoms with Gasteiger partial charge < -0.3 is 15.1 Å². The number of imide groups is 1. The summed E-state index contributed by atoms with van der Waals surface area (Å²) in [6, 6.07) is 19.6. The highest BCUT2D eigenvalue weighted by Crippen LogP contribution is 2.33. The van der Waals surface area contributed by atoms with E-state index in [4.69, 9.17) is 4.42 Å². The molecule has 2 N–H and O–H groups in total. The Balaban J connectivity index is 1.38. The molecule has 4 amide bonds. The molecule has 1 aliphatic rings. The van der Waals surface area contributed by atoms with Crippen LogP contribution in [0.15, 0.2) is 71.1 Å². The minimum absolute atomic E-state index is 0.251. The van der Waals surface area contributed by atoms with Crippen molar-refractivity contribution in [2.75, 3.05) is 11.9 Å². The second-order valence-electron chi connectivity index (χ2n) is 10.1. The Kier molecular flexibility index (Phi) is 5.43. The Labute approximate surface area is 208 Å². The number of amides is 4. The van der Waals surface area contributed by atoms with Gasteiger partial charge in [0.05, 0.1) is 11.4 Å². The van der Waals surface area contributed by atoms with Gasteiger partial charge in [-0.05, 0) is 31.2 Å². The number of nitrogens with zero attached hydrogens (tertiary/aromatic N) is 3. The maximum Gasteiger partial charge on any atom is 0.325 e. The highest BCUT2D eigenvalue weighted by Gasteiger charge is 2.51. The molecule has 0 bridgehead atoms. The Morgan fingerprint density at radius 3 is 2.44 bits per heavy atom. The SMILES string of the molecule is CC(C)(C)c1cc(NC(=O)CN2C(=O)NC(C)(c3cc4ccccc4o3)C2=O)n(-c2ccccc2)n1. The average molecular weight is 486 g/mol. The van der Waals surface area contributed by atoms with E-state index in [1.54, 1.807) is 29.8 Å². The van der Waals surface area contributed by atoms with Gasteiger partial charge >= 0.3 is 6.03 Å². The van der Waals surface area contributed by atoms with Crippen LogP contribution in [0, 0.1) is 0 Å². The van der Waals surface area contributed by atoms with Crippen LogP contribution in [-0.4, -0.2) is 39.1 Å². The number of furan rings is 1. The summed E-state index contributed by atoms with van der Waals surface area (Å²) in [5.41, 5.74) is 0.501. The zero-order valence-electron chi connectivity index (χ0n) is 20.5. The number of carbonyl (C=O) groups excluding carboxylic acids is 3. The summed E-state index contributed by atoms with van der Waals surface area (Å²) in [6.07, 6.45) is 0. The topological polar surface area (TPSA) is 109 Å². The van der Waals surface area contributed by atoms with Crippen molar-refractivity contribution in [1.82, 2.24) is 20.0 Å². The molecule has 9 heteroatoms. The van der Waals surface area contributed by atoms with E-state index in [-0.39, 0.29) is 5.41 Å². The van der Waals surface area contributed by atoms with E-state index in [1.165, 1.54) is 0 Å². The highest BCUT2D eigenvalue weighted by atomic mass is 16.3. The molecule has 2 aromatic heterocycles. The Morgan fingerprint density at radius 2 is 1.75 bits per heavy atom. The third kappa shape index (κ3) is 4.02. The first kappa shape index (κ1) is 23.3. The van der Waals surface area contributed by atoms with Crippen LogP contribution in [0.5, 0.6) is 0 Å². The predicted molar refractivity (Wildman–Crippen MR) is 135 cm³/mol. The van der Waals surface area contributed by atoms with Crippen molar-refractivity contribution in [2.24, 2.45) is 0 Å². The molecule has 2 aromatic carbocycles. The first-order valence-electron chi connectivity index (χ1n) is 11.7. The summed E-state index contributed by atoms with van der Waals surface area (Å²) in [6.45, 7) is 7.21. The van der Waals surface area contributed by atoms with Crippen LogP contribution in [0.2, 0.25) is 0 Å². The molecule has 1 atom stereocenters. The molecule has 0 radical (unpaired) electrons. The first-order chi connectivity index (χ1) is 17.1. The highest BCUT2D eigenvalue weighted by molar-refractivity contribution is 6.10. The van der Waals surface area contributed by atoms with Gasteiger partial charge in [0.25, 0.3) is 5.91 Å². The fourth-order valence-corrected chi connectivity index (χ4v) is 4.16. The number of rotatable bonds is 5. The molecule has 3 heterocycles. The van der Waals surface area contributed by atoms with Crippen molar-refractivity contribution in [3.63, 3.8) is 0 Å². The summed E-state index contributed by atoms with van der Waals surface area (Å²) < 4.78 is 7.49. The lowest BCUT2D eigenvalue weighted by atomic mass is 9.92. The molecule has 1 saturated heterocycles. The predicted octanol–water partition coefficient (Wildman–Crippen LogP) is 4.32. The number of aromatic nitrogens is 2. The van der Waals surface area contributed by atoms with Crippen molar-refractivity contribution < 1.29 is 18.8 Å². The summed E-state index contributed by atoms with van der Waals surface area (Å²) in [4.78, 5) is 40.0. The number of para-hydroxylation sites is 2. The molecule has 36 heavy (non-hydrogen) atoms. The molecule has 0 aliphatic carbocycles. The number of anilines is 1. The number of hydrogen-bond donors (Lipinski definition) is 2. The van der Waals surface area contributed by atoms with Gasteiger partial charge in [-0.15, -0.1) is 0 Å². The zero-order chi connectivity index (χ0) is 25.7. The van der Waals surface area contributed by atoms with Crippen LogP contribution >= 0.6 is 0 Å². The standard InChI is InChI=1S/C27H27N5O4/c1-26(2,3)20-15-22(32(30-20)18-11-6-5-7-12-18)28-23(33)16-31-24(34)27(4,29-25(31)35)21-14-17-10-8-9-13-19(17)36-21/h5-15H,16H2,1-4H3,(H,28,33)(H,29,35). The summed E-state index contributed by atoms with van der Waals surface area (Å²) >= 11 is 0.